The van der Waals surface area contributed by atoms with Crippen molar-refractivity contribution in [3.8, 4) is 0 Å². The van der Waals surface area contributed by atoms with Gasteiger partial charge in [-0.2, -0.15) is 0 Å². The zero-order valence-electron chi connectivity index (χ0n) is 11.3. The van der Waals surface area contributed by atoms with Gasteiger partial charge in [-0.3, -0.25) is 9.59 Å². The van der Waals surface area contributed by atoms with Gasteiger partial charge in [-0.15, -0.1) is 0 Å². The van der Waals surface area contributed by atoms with Crippen molar-refractivity contribution < 1.29 is 9.59 Å². The molecule has 1 atom stereocenters. The van der Waals surface area contributed by atoms with Crippen molar-refractivity contribution in [3.05, 3.63) is 0 Å². The fourth-order valence-electron chi connectivity index (χ4n) is 4.81. The fraction of sp³-hybridized carbons (Fsp3) is 0.875. The number of Topliss-reactive ketones (excluding diaryl/α,β-unsaturated/α-hetero) is 2. The van der Waals surface area contributed by atoms with Crippen LogP contribution in [-0.4, -0.2) is 11.6 Å². The number of carbonyl (C=O) groups excluding carboxylic acids is 2. The summed E-state index contributed by atoms with van der Waals surface area (Å²) in [4.78, 5) is 24.3. The van der Waals surface area contributed by atoms with E-state index in [0.29, 0.717) is 24.4 Å². The van der Waals surface area contributed by atoms with Gasteiger partial charge in [0.2, 0.25) is 0 Å². The first-order chi connectivity index (χ1) is 8.64. The molecule has 0 saturated heterocycles. The Bertz CT molecular complexity index is 363. The highest BCUT2D eigenvalue weighted by Crippen LogP contribution is 2.58. The van der Waals surface area contributed by atoms with Gasteiger partial charge >= 0.3 is 0 Å². The van der Waals surface area contributed by atoms with Crippen LogP contribution in [0.15, 0.2) is 0 Å². The van der Waals surface area contributed by atoms with Crippen LogP contribution in [0.3, 0.4) is 0 Å². The van der Waals surface area contributed by atoms with E-state index in [1.54, 1.807) is 0 Å². The summed E-state index contributed by atoms with van der Waals surface area (Å²) in [6.45, 7) is 0. The minimum absolute atomic E-state index is 0.223. The molecule has 0 N–H and O–H groups in total. The molecule has 18 heavy (non-hydrogen) atoms. The molecule has 0 heterocycles. The lowest BCUT2D eigenvalue weighted by molar-refractivity contribution is -0.134. The summed E-state index contributed by atoms with van der Waals surface area (Å²) in [5.74, 6) is 0.762. The molecule has 2 heteroatoms. The van der Waals surface area contributed by atoms with Gasteiger partial charge in [0.25, 0.3) is 0 Å². The first-order valence-corrected chi connectivity index (χ1v) is 7.69. The maximum Gasteiger partial charge on any atom is 0.140 e. The van der Waals surface area contributed by atoms with Gasteiger partial charge in [0.05, 0.1) is 0 Å². The van der Waals surface area contributed by atoms with Crippen molar-refractivity contribution in [2.24, 2.45) is 10.8 Å². The molecule has 0 aromatic rings. The number of rotatable bonds is 0. The molecule has 3 aliphatic carbocycles. The largest absolute Gasteiger partial charge is 0.300 e. The molecule has 0 bridgehead atoms. The molecule has 100 valence electrons. The second-order valence-corrected chi connectivity index (χ2v) is 7.04. The average molecular weight is 248 g/mol. The highest BCUT2D eigenvalue weighted by atomic mass is 16.1. The van der Waals surface area contributed by atoms with Gasteiger partial charge in [0, 0.05) is 24.7 Å². The number of hydrogen-bond acceptors (Lipinski definition) is 2. The van der Waals surface area contributed by atoms with E-state index in [2.05, 4.69) is 0 Å². The zero-order valence-corrected chi connectivity index (χ0v) is 11.3. The van der Waals surface area contributed by atoms with Crippen LogP contribution in [0.25, 0.3) is 0 Å². The molecule has 0 radical (unpaired) electrons. The third-order valence-corrected chi connectivity index (χ3v) is 5.65. The molecule has 0 unspecified atom stereocenters. The summed E-state index contributed by atoms with van der Waals surface area (Å²) in [5, 5.41) is 0. The van der Waals surface area contributed by atoms with Gasteiger partial charge in [0.1, 0.15) is 11.6 Å². The van der Waals surface area contributed by atoms with Crippen LogP contribution in [0.1, 0.15) is 77.0 Å². The Morgan fingerprint density at radius 2 is 1.50 bits per heavy atom. The smallest absolute Gasteiger partial charge is 0.140 e. The Hall–Kier alpha value is -0.660. The molecule has 0 aliphatic heterocycles. The summed E-state index contributed by atoms with van der Waals surface area (Å²) in [6.07, 6.45) is 12.7. The molecule has 3 aliphatic rings. The molecular formula is C16H24O2. The van der Waals surface area contributed by atoms with E-state index in [4.69, 9.17) is 0 Å². The molecule has 0 aromatic carbocycles. The van der Waals surface area contributed by atoms with Crippen LogP contribution in [0, 0.1) is 10.8 Å². The Morgan fingerprint density at radius 1 is 0.778 bits per heavy atom. The van der Waals surface area contributed by atoms with E-state index in [9.17, 15) is 9.59 Å². The quantitative estimate of drug-likeness (QED) is 0.653. The van der Waals surface area contributed by atoms with E-state index >= 15 is 0 Å². The molecule has 2 nitrogen and oxygen atoms in total. The minimum Gasteiger partial charge on any atom is -0.300 e. The van der Waals surface area contributed by atoms with E-state index in [1.165, 1.54) is 38.5 Å². The first kappa shape index (κ1) is 12.4. The molecular weight excluding hydrogens is 224 g/mol. The standard InChI is InChI=1S/C16H24O2/c17-13-6-5-9-16(10-13)12-15(11-14(16)18)7-3-1-2-4-8-15/h1-12H2/t16-/m0/s1. The zero-order chi connectivity index (χ0) is 12.6. The van der Waals surface area contributed by atoms with Crippen molar-refractivity contribution in [3.63, 3.8) is 0 Å². The van der Waals surface area contributed by atoms with Crippen molar-refractivity contribution in [1.82, 2.24) is 0 Å². The SMILES string of the molecule is O=C1CCC[C@]2(C1)CC1(CCCCCC1)CC2=O. The second-order valence-electron chi connectivity index (χ2n) is 7.04. The predicted molar refractivity (Wildman–Crippen MR) is 70.3 cm³/mol. The molecule has 2 spiro atoms. The van der Waals surface area contributed by atoms with Crippen LogP contribution in [0.4, 0.5) is 0 Å². The molecule has 3 fully saturated rings. The number of carbonyl (C=O) groups is 2. The van der Waals surface area contributed by atoms with E-state index in [0.717, 1.165) is 25.7 Å². The molecule has 0 aromatic heterocycles. The van der Waals surface area contributed by atoms with Crippen LogP contribution < -0.4 is 0 Å². The highest BCUT2D eigenvalue weighted by Gasteiger charge is 2.54. The van der Waals surface area contributed by atoms with Gasteiger partial charge < -0.3 is 0 Å². The van der Waals surface area contributed by atoms with Crippen LogP contribution in [0.5, 0.6) is 0 Å². The monoisotopic (exact) mass is 248 g/mol. The maximum atomic E-state index is 12.5. The van der Waals surface area contributed by atoms with Crippen LogP contribution in [-0.2, 0) is 9.59 Å². The van der Waals surface area contributed by atoms with Gasteiger partial charge in [-0.25, -0.2) is 0 Å². The third kappa shape index (κ3) is 2.04. The number of ketones is 2. The van der Waals surface area contributed by atoms with Crippen molar-refractivity contribution in [2.45, 2.75) is 77.0 Å². The maximum absolute atomic E-state index is 12.5. The van der Waals surface area contributed by atoms with Crippen LogP contribution >= 0.6 is 0 Å². The Morgan fingerprint density at radius 3 is 2.17 bits per heavy atom. The van der Waals surface area contributed by atoms with Crippen LogP contribution in [0.2, 0.25) is 0 Å². The lowest BCUT2D eigenvalue weighted by Gasteiger charge is -2.34. The Balaban J connectivity index is 1.82. The molecule has 3 rings (SSSR count). The van der Waals surface area contributed by atoms with Crippen molar-refractivity contribution >= 4 is 11.6 Å². The number of hydrogen-bond donors (Lipinski definition) is 0. The fourth-order valence-corrected chi connectivity index (χ4v) is 4.81. The lowest BCUT2D eigenvalue weighted by Crippen LogP contribution is -2.33. The summed E-state index contributed by atoms with van der Waals surface area (Å²) in [5.41, 5.74) is 0.0604. The predicted octanol–water partition coefficient (Wildman–Crippen LogP) is 3.82. The van der Waals surface area contributed by atoms with Gasteiger partial charge in [-0.05, 0) is 37.5 Å². The summed E-state index contributed by atoms with van der Waals surface area (Å²) in [7, 11) is 0. The Labute approximate surface area is 110 Å². The van der Waals surface area contributed by atoms with Crippen molar-refractivity contribution in [2.75, 3.05) is 0 Å². The second kappa shape index (κ2) is 4.47. The van der Waals surface area contributed by atoms with Gasteiger partial charge in [0.15, 0.2) is 0 Å². The normalized spacial score (nSPS) is 36.2. The Kier molecular flexibility index (Phi) is 3.07. The van der Waals surface area contributed by atoms with Gasteiger partial charge in [-0.1, -0.05) is 25.7 Å². The molecule has 0 amide bonds. The topological polar surface area (TPSA) is 34.1 Å². The minimum atomic E-state index is -0.223. The lowest BCUT2D eigenvalue weighted by atomic mass is 9.68. The third-order valence-electron chi connectivity index (χ3n) is 5.65. The first-order valence-electron chi connectivity index (χ1n) is 7.69. The highest BCUT2D eigenvalue weighted by molar-refractivity contribution is 5.94. The average Bonchev–Trinajstić information content (AvgIpc) is 2.50. The van der Waals surface area contributed by atoms with E-state index in [1.807, 2.05) is 0 Å². The van der Waals surface area contributed by atoms with E-state index < -0.39 is 0 Å². The summed E-state index contributed by atoms with van der Waals surface area (Å²) >= 11 is 0. The summed E-state index contributed by atoms with van der Waals surface area (Å²) in [6, 6.07) is 0. The van der Waals surface area contributed by atoms with E-state index in [-0.39, 0.29) is 10.8 Å². The summed E-state index contributed by atoms with van der Waals surface area (Å²) < 4.78 is 0. The van der Waals surface area contributed by atoms with Crippen molar-refractivity contribution in [1.29, 1.82) is 0 Å². The molecule has 3 saturated carbocycles.